The number of aryl methyl sites for hydroxylation is 1. The molecule has 1 heterocycles. The van der Waals surface area contributed by atoms with Crippen molar-refractivity contribution in [3.8, 4) is 0 Å². The lowest BCUT2D eigenvalue weighted by molar-refractivity contribution is 0.497. The minimum atomic E-state index is 0.292. The summed E-state index contributed by atoms with van der Waals surface area (Å²) < 4.78 is 0. The average Bonchev–Trinajstić information content (AvgIpc) is 3.15. The van der Waals surface area contributed by atoms with Gasteiger partial charge in [0.2, 0.25) is 0 Å². The van der Waals surface area contributed by atoms with E-state index in [1.165, 1.54) is 23.8 Å². The molecule has 2 aromatic rings. The van der Waals surface area contributed by atoms with Gasteiger partial charge in [-0.2, -0.15) is 0 Å². The van der Waals surface area contributed by atoms with Gasteiger partial charge in [0, 0.05) is 17.1 Å². The maximum absolute atomic E-state index is 5.65. The van der Waals surface area contributed by atoms with E-state index in [9.17, 15) is 0 Å². The molecule has 88 valence electrons. The quantitative estimate of drug-likeness (QED) is 0.625. The van der Waals surface area contributed by atoms with Crippen molar-refractivity contribution in [2.45, 2.75) is 25.8 Å². The molecule has 3 N–H and O–H groups in total. The minimum absolute atomic E-state index is 0.292. The van der Waals surface area contributed by atoms with Crippen molar-refractivity contribution < 1.29 is 0 Å². The number of hydrazine groups is 1. The lowest BCUT2D eigenvalue weighted by Crippen LogP contribution is -2.29. The zero-order chi connectivity index (χ0) is 11.8. The number of nitrogens with two attached hydrogens (primary N) is 1. The van der Waals surface area contributed by atoms with Gasteiger partial charge in [0.25, 0.3) is 0 Å². The SMILES string of the molecule is Cc1ccc2cc(C(NN)C3CC3)ccc2n1. The predicted molar refractivity (Wildman–Crippen MR) is 69.3 cm³/mol. The highest BCUT2D eigenvalue weighted by molar-refractivity contribution is 5.79. The van der Waals surface area contributed by atoms with Crippen LogP contribution in [0.25, 0.3) is 10.9 Å². The van der Waals surface area contributed by atoms with Crippen LogP contribution in [-0.4, -0.2) is 4.98 Å². The van der Waals surface area contributed by atoms with E-state index in [-0.39, 0.29) is 0 Å². The molecular formula is C14H17N3. The van der Waals surface area contributed by atoms with E-state index in [1.807, 2.05) is 13.0 Å². The molecule has 3 nitrogen and oxygen atoms in total. The standard InChI is InChI=1S/C14H17N3/c1-9-2-3-11-8-12(6-7-13(11)16-9)14(17-15)10-4-5-10/h2-3,6-8,10,14,17H,4-5,15H2,1H3. The second-order valence-electron chi connectivity index (χ2n) is 4.89. The second-order valence-corrected chi connectivity index (χ2v) is 4.89. The molecule has 0 spiro atoms. The van der Waals surface area contributed by atoms with E-state index in [0.717, 1.165) is 11.2 Å². The zero-order valence-electron chi connectivity index (χ0n) is 9.98. The fourth-order valence-electron chi connectivity index (χ4n) is 2.37. The zero-order valence-corrected chi connectivity index (χ0v) is 9.98. The molecule has 1 saturated carbocycles. The Morgan fingerprint density at radius 2 is 2.12 bits per heavy atom. The first-order chi connectivity index (χ1) is 8.28. The molecular weight excluding hydrogens is 210 g/mol. The Balaban J connectivity index is 2.03. The first-order valence-corrected chi connectivity index (χ1v) is 6.11. The topological polar surface area (TPSA) is 50.9 Å². The van der Waals surface area contributed by atoms with Crippen LogP contribution in [0.4, 0.5) is 0 Å². The molecule has 3 heteroatoms. The Labute approximate surface area is 101 Å². The van der Waals surface area contributed by atoms with Gasteiger partial charge in [-0.05, 0) is 49.4 Å². The summed E-state index contributed by atoms with van der Waals surface area (Å²) in [5.74, 6) is 6.35. The van der Waals surface area contributed by atoms with Crippen LogP contribution in [0.5, 0.6) is 0 Å². The van der Waals surface area contributed by atoms with Gasteiger partial charge >= 0.3 is 0 Å². The van der Waals surface area contributed by atoms with Crippen LogP contribution in [0.15, 0.2) is 30.3 Å². The van der Waals surface area contributed by atoms with E-state index in [2.05, 4.69) is 34.7 Å². The second kappa shape index (κ2) is 4.09. The van der Waals surface area contributed by atoms with E-state index < -0.39 is 0 Å². The van der Waals surface area contributed by atoms with Crippen LogP contribution >= 0.6 is 0 Å². The highest BCUT2D eigenvalue weighted by atomic mass is 15.2. The smallest absolute Gasteiger partial charge is 0.0705 e. The van der Waals surface area contributed by atoms with E-state index >= 15 is 0 Å². The Bertz CT molecular complexity index is 546. The van der Waals surface area contributed by atoms with Crippen molar-refractivity contribution in [1.82, 2.24) is 10.4 Å². The molecule has 3 rings (SSSR count). The number of aromatic nitrogens is 1. The lowest BCUT2D eigenvalue weighted by Gasteiger charge is -2.15. The maximum Gasteiger partial charge on any atom is 0.0705 e. The van der Waals surface area contributed by atoms with E-state index in [4.69, 9.17) is 5.84 Å². The largest absolute Gasteiger partial charge is 0.271 e. The van der Waals surface area contributed by atoms with Gasteiger partial charge in [-0.15, -0.1) is 0 Å². The first kappa shape index (κ1) is 10.7. The van der Waals surface area contributed by atoms with Gasteiger partial charge in [-0.25, -0.2) is 0 Å². The maximum atomic E-state index is 5.65. The monoisotopic (exact) mass is 227 g/mol. The third-order valence-corrected chi connectivity index (χ3v) is 3.48. The van der Waals surface area contributed by atoms with Crippen molar-refractivity contribution in [3.63, 3.8) is 0 Å². The van der Waals surface area contributed by atoms with Crippen molar-refractivity contribution in [2.75, 3.05) is 0 Å². The van der Waals surface area contributed by atoms with Gasteiger partial charge in [-0.1, -0.05) is 12.1 Å². The molecule has 1 aliphatic rings. The fraction of sp³-hybridized carbons (Fsp3) is 0.357. The number of hydrogen-bond donors (Lipinski definition) is 2. The van der Waals surface area contributed by atoms with Crippen molar-refractivity contribution in [3.05, 3.63) is 41.6 Å². The summed E-state index contributed by atoms with van der Waals surface area (Å²) in [4.78, 5) is 4.51. The van der Waals surface area contributed by atoms with Crippen LogP contribution in [0.2, 0.25) is 0 Å². The highest BCUT2D eigenvalue weighted by Crippen LogP contribution is 2.40. The van der Waals surface area contributed by atoms with Crippen molar-refractivity contribution in [1.29, 1.82) is 0 Å². The molecule has 1 aromatic heterocycles. The number of nitrogens with one attached hydrogen (secondary N) is 1. The number of pyridine rings is 1. The predicted octanol–water partition coefficient (Wildman–Crippen LogP) is 2.46. The van der Waals surface area contributed by atoms with Crippen LogP contribution in [-0.2, 0) is 0 Å². The molecule has 17 heavy (non-hydrogen) atoms. The summed E-state index contributed by atoms with van der Waals surface area (Å²) in [6, 6.07) is 10.9. The van der Waals surface area contributed by atoms with Gasteiger partial charge in [-0.3, -0.25) is 16.3 Å². The Kier molecular flexibility index (Phi) is 2.57. The molecule has 0 amide bonds. The number of benzene rings is 1. The third kappa shape index (κ3) is 2.04. The Hall–Kier alpha value is -1.45. The van der Waals surface area contributed by atoms with Crippen LogP contribution in [0.1, 0.15) is 30.1 Å². The molecule has 1 atom stereocenters. The molecule has 0 radical (unpaired) electrons. The van der Waals surface area contributed by atoms with E-state index in [1.54, 1.807) is 0 Å². The summed E-state index contributed by atoms with van der Waals surface area (Å²) in [5.41, 5.74) is 6.32. The Morgan fingerprint density at radius 3 is 2.82 bits per heavy atom. The number of nitrogens with zero attached hydrogens (tertiary/aromatic N) is 1. The van der Waals surface area contributed by atoms with Gasteiger partial charge in [0.1, 0.15) is 0 Å². The van der Waals surface area contributed by atoms with Crippen LogP contribution in [0, 0.1) is 12.8 Å². The molecule has 1 unspecified atom stereocenters. The summed E-state index contributed by atoms with van der Waals surface area (Å²) in [7, 11) is 0. The summed E-state index contributed by atoms with van der Waals surface area (Å²) in [5, 5.41) is 1.19. The fourth-order valence-corrected chi connectivity index (χ4v) is 2.37. The first-order valence-electron chi connectivity index (χ1n) is 6.11. The third-order valence-electron chi connectivity index (χ3n) is 3.48. The molecule has 0 bridgehead atoms. The summed E-state index contributed by atoms with van der Waals surface area (Å²) >= 11 is 0. The minimum Gasteiger partial charge on any atom is -0.271 e. The van der Waals surface area contributed by atoms with Crippen molar-refractivity contribution in [2.24, 2.45) is 11.8 Å². The van der Waals surface area contributed by atoms with Gasteiger partial charge in [0.05, 0.1) is 5.52 Å². The highest BCUT2D eigenvalue weighted by Gasteiger charge is 2.31. The van der Waals surface area contributed by atoms with Gasteiger partial charge < -0.3 is 0 Å². The number of hydrogen-bond acceptors (Lipinski definition) is 3. The van der Waals surface area contributed by atoms with Crippen LogP contribution < -0.4 is 11.3 Å². The lowest BCUT2D eigenvalue weighted by atomic mass is 10.0. The average molecular weight is 227 g/mol. The number of fused-ring (bicyclic) bond motifs is 1. The summed E-state index contributed by atoms with van der Waals surface area (Å²) in [6.07, 6.45) is 2.55. The van der Waals surface area contributed by atoms with Crippen LogP contribution in [0.3, 0.4) is 0 Å². The van der Waals surface area contributed by atoms with Gasteiger partial charge in [0.15, 0.2) is 0 Å². The molecule has 0 aliphatic heterocycles. The number of rotatable bonds is 3. The van der Waals surface area contributed by atoms with E-state index in [0.29, 0.717) is 12.0 Å². The molecule has 1 aromatic carbocycles. The normalized spacial score (nSPS) is 17.3. The molecule has 1 aliphatic carbocycles. The molecule has 0 saturated heterocycles. The van der Waals surface area contributed by atoms with Crippen molar-refractivity contribution >= 4 is 10.9 Å². The Morgan fingerprint density at radius 1 is 1.29 bits per heavy atom. The molecule has 1 fully saturated rings. The summed E-state index contributed by atoms with van der Waals surface area (Å²) in [6.45, 7) is 2.02.